The molecule has 0 amide bonds. The molecule has 1 fully saturated rings. The van der Waals surface area contributed by atoms with E-state index in [2.05, 4.69) is 20.9 Å². The van der Waals surface area contributed by atoms with Gasteiger partial charge in [0.1, 0.15) is 6.29 Å². The zero-order chi connectivity index (χ0) is 11.5. The fourth-order valence-corrected chi connectivity index (χ4v) is 2.28. The Bertz CT molecular complexity index is 400. The van der Waals surface area contributed by atoms with E-state index in [9.17, 15) is 9.18 Å². The molecule has 1 saturated heterocycles. The van der Waals surface area contributed by atoms with Gasteiger partial charge in [0, 0.05) is 17.2 Å². The van der Waals surface area contributed by atoms with Crippen LogP contribution >= 0.6 is 15.9 Å². The van der Waals surface area contributed by atoms with Crippen LogP contribution in [0.25, 0.3) is 0 Å². The molecule has 0 N–H and O–H groups in total. The first-order valence-corrected chi connectivity index (χ1v) is 6.04. The number of carbonyl (C=O) groups excluding carboxylic acids is 1. The van der Waals surface area contributed by atoms with E-state index in [1.54, 1.807) is 11.1 Å². The minimum Gasteiger partial charge on any atom is -0.344 e. The van der Waals surface area contributed by atoms with E-state index in [-0.39, 0.29) is 17.7 Å². The zero-order valence-electron chi connectivity index (χ0n) is 8.70. The summed E-state index contributed by atoms with van der Waals surface area (Å²) in [5, 5.41) is 0. The maximum atomic E-state index is 13.7. The molecule has 0 bridgehead atoms. The molecule has 0 radical (unpaired) electrons. The maximum absolute atomic E-state index is 13.7. The lowest BCUT2D eigenvalue weighted by Crippen LogP contribution is -2.41. The molecule has 86 valence electrons. The highest BCUT2D eigenvalue weighted by atomic mass is 79.9. The van der Waals surface area contributed by atoms with E-state index >= 15 is 0 Å². The molecule has 16 heavy (non-hydrogen) atoms. The number of carbonyl (C=O) groups is 1. The molecule has 2 rings (SSSR count). The monoisotopic (exact) mass is 286 g/mol. The number of aldehydes is 1. The van der Waals surface area contributed by atoms with Gasteiger partial charge in [-0.25, -0.2) is 9.37 Å². The highest BCUT2D eigenvalue weighted by molar-refractivity contribution is 9.10. The molecule has 1 unspecified atom stereocenters. The Labute approximate surface area is 102 Å². The van der Waals surface area contributed by atoms with Crippen molar-refractivity contribution in [3.8, 4) is 0 Å². The standard InChI is InChI=1S/C11H12BrFN2O/c12-8-5-10(13)11(14-6-8)15-4-2-1-3-9(15)7-16/h5-7,9H,1-4H2. The van der Waals surface area contributed by atoms with Crippen LogP contribution in [0.15, 0.2) is 16.7 Å². The predicted molar refractivity (Wildman–Crippen MR) is 62.9 cm³/mol. The van der Waals surface area contributed by atoms with Crippen LogP contribution in [0, 0.1) is 5.82 Å². The average Bonchev–Trinajstić information content (AvgIpc) is 2.29. The van der Waals surface area contributed by atoms with Gasteiger partial charge in [-0.2, -0.15) is 0 Å². The van der Waals surface area contributed by atoms with E-state index in [0.717, 1.165) is 25.5 Å². The maximum Gasteiger partial charge on any atom is 0.166 e. The predicted octanol–water partition coefficient (Wildman–Crippen LogP) is 2.54. The number of halogens is 2. The smallest absolute Gasteiger partial charge is 0.166 e. The molecule has 0 saturated carbocycles. The number of rotatable bonds is 2. The van der Waals surface area contributed by atoms with Crippen molar-refractivity contribution < 1.29 is 9.18 Å². The fraction of sp³-hybridized carbons (Fsp3) is 0.455. The molecule has 0 aliphatic carbocycles. The molecule has 1 aliphatic rings. The summed E-state index contributed by atoms with van der Waals surface area (Å²) in [6.45, 7) is 0.689. The van der Waals surface area contributed by atoms with Gasteiger partial charge in [-0.05, 0) is 41.3 Å². The Hall–Kier alpha value is -0.970. The number of hydrogen-bond acceptors (Lipinski definition) is 3. The Kier molecular flexibility index (Phi) is 3.53. The lowest BCUT2D eigenvalue weighted by molar-refractivity contribution is -0.109. The van der Waals surface area contributed by atoms with Gasteiger partial charge in [0.05, 0.1) is 6.04 Å². The van der Waals surface area contributed by atoms with Gasteiger partial charge < -0.3 is 9.69 Å². The minimum atomic E-state index is -0.386. The van der Waals surface area contributed by atoms with Gasteiger partial charge in [-0.3, -0.25) is 0 Å². The number of pyridine rings is 1. The molecule has 1 aromatic rings. The van der Waals surface area contributed by atoms with Crippen molar-refractivity contribution in [3.63, 3.8) is 0 Å². The van der Waals surface area contributed by atoms with Crippen LogP contribution in [0.1, 0.15) is 19.3 Å². The lowest BCUT2D eigenvalue weighted by atomic mass is 10.0. The molecule has 2 heterocycles. The highest BCUT2D eigenvalue weighted by Crippen LogP contribution is 2.25. The second kappa shape index (κ2) is 4.91. The average molecular weight is 287 g/mol. The van der Waals surface area contributed by atoms with E-state index in [1.165, 1.54) is 6.07 Å². The molecular weight excluding hydrogens is 275 g/mol. The number of nitrogens with zero attached hydrogens (tertiary/aromatic N) is 2. The molecular formula is C11H12BrFN2O. The third kappa shape index (κ3) is 2.24. The molecule has 3 nitrogen and oxygen atoms in total. The second-order valence-electron chi connectivity index (χ2n) is 3.85. The Morgan fingerprint density at radius 3 is 3.06 bits per heavy atom. The van der Waals surface area contributed by atoms with Crippen LogP contribution in [0.5, 0.6) is 0 Å². The lowest BCUT2D eigenvalue weighted by Gasteiger charge is -2.33. The molecule has 0 aromatic carbocycles. The summed E-state index contributed by atoms with van der Waals surface area (Å²) >= 11 is 3.16. The summed E-state index contributed by atoms with van der Waals surface area (Å²) < 4.78 is 14.3. The van der Waals surface area contributed by atoms with E-state index in [4.69, 9.17) is 0 Å². The van der Waals surface area contributed by atoms with Crippen LogP contribution in [0.4, 0.5) is 10.2 Å². The van der Waals surface area contributed by atoms with Gasteiger partial charge in [0.25, 0.3) is 0 Å². The second-order valence-corrected chi connectivity index (χ2v) is 4.77. The number of hydrogen-bond donors (Lipinski definition) is 0. The van der Waals surface area contributed by atoms with Crippen molar-refractivity contribution in [2.45, 2.75) is 25.3 Å². The van der Waals surface area contributed by atoms with Crippen LogP contribution in [0.3, 0.4) is 0 Å². The number of anilines is 1. The van der Waals surface area contributed by atoms with Crippen LogP contribution in [0.2, 0.25) is 0 Å². The first kappa shape index (κ1) is 11.5. The molecule has 0 spiro atoms. The number of aromatic nitrogens is 1. The third-order valence-electron chi connectivity index (χ3n) is 2.77. The van der Waals surface area contributed by atoms with Gasteiger partial charge >= 0.3 is 0 Å². The van der Waals surface area contributed by atoms with Gasteiger partial charge in [-0.1, -0.05) is 0 Å². The Morgan fingerprint density at radius 2 is 2.38 bits per heavy atom. The van der Waals surface area contributed by atoms with Gasteiger partial charge in [-0.15, -0.1) is 0 Å². The quantitative estimate of drug-likeness (QED) is 0.784. The third-order valence-corrected chi connectivity index (χ3v) is 3.20. The summed E-state index contributed by atoms with van der Waals surface area (Å²) in [5.74, 6) is -0.108. The Balaban J connectivity index is 2.30. The van der Waals surface area contributed by atoms with Crippen molar-refractivity contribution in [1.29, 1.82) is 0 Å². The van der Waals surface area contributed by atoms with Crippen molar-refractivity contribution in [2.75, 3.05) is 11.4 Å². The summed E-state index contributed by atoms with van der Waals surface area (Å²) in [4.78, 5) is 16.7. The van der Waals surface area contributed by atoms with Crippen molar-refractivity contribution in [3.05, 3.63) is 22.6 Å². The molecule has 1 atom stereocenters. The van der Waals surface area contributed by atoms with Gasteiger partial charge in [0.15, 0.2) is 11.6 Å². The van der Waals surface area contributed by atoms with Crippen LogP contribution in [-0.2, 0) is 4.79 Å². The topological polar surface area (TPSA) is 33.2 Å². The normalized spacial score (nSPS) is 20.9. The highest BCUT2D eigenvalue weighted by Gasteiger charge is 2.25. The van der Waals surface area contributed by atoms with Crippen molar-refractivity contribution in [1.82, 2.24) is 4.98 Å². The Morgan fingerprint density at radius 1 is 1.56 bits per heavy atom. The van der Waals surface area contributed by atoms with Crippen LogP contribution in [-0.4, -0.2) is 23.9 Å². The first-order valence-electron chi connectivity index (χ1n) is 5.25. The summed E-state index contributed by atoms with van der Waals surface area (Å²) in [7, 11) is 0. The number of piperidine rings is 1. The molecule has 1 aromatic heterocycles. The van der Waals surface area contributed by atoms with E-state index < -0.39 is 0 Å². The van der Waals surface area contributed by atoms with Gasteiger partial charge in [0.2, 0.25) is 0 Å². The summed E-state index contributed by atoms with van der Waals surface area (Å²) in [6.07, 6.45) is 5.19. The first-order chi connectivity index (χ1) is 7.72. The van der Waals surface area contributed by atoms with Crippen LogP contribution < -0.4 is 4.90 Å². The molecule has 1 aliphatic heterocycles. The van der Waals surface area contributed by atoms with Crippen molar-refractivity contribution in [2.24, 2.45) is 0 Å². The SMILES string of the molecule is O=CC1CCCCN1c1ncc(Br)cc1F. The summed E-state index contributed by atoms with van der Waals surface area (Å²) in [5.41, 5.74) is 0. The minimum absolute atomic E-state index is 0.239. The fourth-order valence-electron chi connectivity index (χ4n) is 1.98. The molecule has 5 heteroatoms. The van der Waals surface area contributed by atoms with E-state index in [0.29, 0.717) is 11.0 Å². The zero-order valence-corrected chi connectivity index (χ0v) is 10.3. The van der Waals surface area contributed by atoms with E-state index in [1.807, 2.05) is 0 Å². The summed E-state index contributed by atoms with van der Waals surface area (Å²) in [6, 6.07) is 1.13. The largest absolute Gasteiger partial charge is 0.344 e. The van der Waals surface area contributed by atoms with Crippen molar-refractivity contribution >= 4 is 28.0 Å².